The molecule has 0 radical (unpaired) electrons. The van der Waals surface area contributed by atoms with E-state index in [1.54, 1.807) is 14.2 Å². The molecule has 1 aromatic rings. The quantitative estimate of drug-likeness (QED) is 0.791. The maximum absolute atomic E-state index is 11.3. The van der Waals surface area contributed by atoms with Crippen LogP contribution in [-0.4, -0.2) is 20.1 Å². The summed E-state index contributed by atoms with van der Waals surface area (Å²) in [7, 11) is 3.27. The number of benzene rings is 1. The molecule has 0 aromatic heterocycles. The highest BCUT2D eigenvalue weighted by atomic mass is 35.5. The van der Waals surface area contributed by atoms with Crippen LogP contribution in [0.3, 0.4) is 0 Å². The molecule has 0 unspecified atom stereocenters. The smallest absolute Gasteiger partial charge is 0.234 e. The minimum atomic E-state index is -0.0628. The first-order chi connectivity index (χ1) is 8.08. The van der Waals surface area contributed by atoms with Gasteiger partial charge in [0.25, 0.3) is 0 Å². The third-order valence-electron chi connectivity index (χ3n) is 2.41. The lowest BCUT2D eigenvalue weighted by atomic mass is 10.0. The van der Waals surface area contributed by atoms with Crippen molar-refractivity contribution in [2.24, 2.45) is 0 Å². The summed E-state index contributed by atoms with van der Waals surface area (Å²) in [5, 5.41) is 0.660. The van der Waals surface area contributed by atoms with Crippen LogP contribution >= 0.6 is 11.6 Å². The Morgan fingerprint density at radius 3 is 2.76 bits per heavy atom. The number of carbonyl (C=O) groups is 1. The molecule has 5 heteroatoms. The highest BCUT2D eigenvalue weighted by molar-refractivity contribution is 6.30. The van der Waals surface area contributed by atoms with Crippen LogP contribution in [0.5, 0.6) is 5.75 Å². The first kappa shape index (κ1) is 13.8. The molecule has 0 spiro atoms. The van der Waals surface area contributed by atoms with Crippen molar-refractivity contribution >= 4 is 17.5 Å². The SMILES string of the molecule is CNNC(=O)CCc1cc(Cl)cc(C)c1OC. The number of aryl methyl sites for hydroxylation is 2. The first-order valence-electron chi connectivity index (χ1n) is 5.37. The van der Waals surface area contributed by atoms with Crippen molar-refractivity contribution in [1.82, 2.24) is 10.9 Å². The Morgan fingerprint density at radius 1 is 1.47 bits per heavy atom. The molecule has 17 heavy (non-hydrogen) atoms. The number of hydrazine groups is 1. The Bertz CT molecular complexity index is 408. The Balaban J connectivity index is 2.79. The Kier molecular flexibility index (Phi) is 5.25. The second-order valence-electron chi connectivity index (χ2n) is 3.71. The van der Waals surface area contributed by atoms with Gasteiger partial charge in [0.05, 0.1) is 7.11 Å². The fourth-order valence-corrected chi connectivity index (χ4v) is 2.02. The molecular formula is C12H17ClN2O2. The van der Waals surface area contributed by atoms with Crippen LogP contribution in [0.15, 0.2) is 12.1 Å². The van der Waals surface area contributed by atoms with Gasteiger partial charge in [-0.15, -0.1) is 0 Å². The summed E-state index contributed by atoms with van der Waals surface area (Å²) < 4.78 is 5.32. The van der Waals surface area contributed by atoms with Crippen molar-refractivity contribution < 1.29 is 9.53 Å². The molecule has 0 saturated heterocycles. The van der Waals surface area contributed by atoms with E-state index in [-0.39, 0.29) is 5.91 Å². The second kappa shape index (κ2) is 6.47. The molecule has 0 heterocycles. The molecule has 4 nitrogen and oxygen atoms in total. The van der Waals surface area contributed by atoms with Gasteiger partial charge in [-0.2, -0.15) is 0 Å². The van der Waals surface area contributed by atoms with Gasteiger partial charge in [-0.3, -0.25) is 10.2 Å². The van der Waals surface area contributed by atoms with Crippen molar-refractivity contribution in [3.63, 3.8) is 0 Å². The van der Waals surface area contributed by atoms with E-state index in [0.29, 0.717) is 17.9 Å². The Labute approximate surface area is 106 Å². The first-order valence-corrected chi connectivity index (χ1v) is 5.75. The van der Waals surface area contributed by atoms with Crippen LogP contribution in [0.2, 0.25) is 5.02 Å². The average Bonchev–Trinajstić information content (AvgIpc) is 2.26. The molecule has 0 aliphatic heterocycles. The monoisotopic (exact) mass is 256 g/mol. The van der Waals surface area contributed by atoms with Gasteiger partial charge in [-0.05, 0) is 36.6 Å². The van der Waals surface area contributed by atoms with Crippen molar-refractivity contribution in [1.29, 1.82) is 0 Å². The number of hydrogen-bond donors (Lipinski definition) is 2. The van der Waals surface area contributed by atoms with Gasteiger partial charge in [0.1, 0.15) is 5.75 Å². The summed E-state index contributed by atoms with van der Waals surface area (Å²) in [6.07, 6.45) is 0.981. The van der Waals surface area contributed by atoms with Crippen molar-refractivity contribution in [3.8, 4) is 5.75 Å². The average molecular weight is 257 g/mol. The Hall–Kier alpha value is -1.26. The number of hydrogen-bond acceptors (Lipinski definition) is 3. The molecule has 0 atom stereocenters. The van der Waals surface area contributed by atoms with Crippen molar-refractivity contribution in [2.45, 2.75) is 19.8 Å². The van der Waals surface area contributed by atoms with E-state index < -0.39 is 0 Å². The van der Waals surface area contributed by atoms with Gasteiger partial charge >= 0.3 is 0 Å². The number of ether oxygens (including phenoxy) is 1. The van der Waals surface area contributed by atoms with Gasteiger partial charge in [0, 0.05) is 18.5 Å². The molecule has 0 aliphatic rings. The van der Waals surface area contributed by atoms with E-state index in [0.717, 1.165) is 16.9 Å². The second-order valence-corrected chi connectivity index (χ2v) is 4.15. The summed E-state index contributed by atoms with van der Waals surface area (Å²) in [5.41, 5.74) is 7.04. The van der Waals surface area contributed by atoms with E-state index in [2.05, 4.69) is 10.9 Å². The van der Waals surface area contributed by atoms with Crippen LogP contribution in [0.4, 0.5) is 0 Å². The maximum Gasteiger partial charge on any atom is 0.234 e. The number of carbonyl (C=O) groups excluding carboxylic acids is 1. The summed E-state index contributed by atoms with van der Waals surface area (Å²) in [6.45, 7) is 1.93. The number of halogens is 1. The minimum Gasteiger partial charge on any atom is -0.496 e. The summed E-state index contributed by atoms with van der Waals surface area (Å²) in [6, 6.07) is 3.68. The number of amides is 1. The van der Waals surface area contributed by atoms with E-state index in [1.807, 2.05) is 19.1 Å². The van der Waals surface area contributed by atoms with Gasteiger partial charge < -0.3 is 4.74 Å². The molecular weight excluding hydrogens is 240 g/mol. The van der Waals surface area contributed by atoms with Crippen LogP contribution in [0.25, 0.3) is 0 Å². The van der Waals surface area contributed by atoms with E-state index in [9.17, 15) is 4.79 Å². The summed E-state index contributed by atoms with van der Waals surface area (Å²) in [4.78, 5) is 11.3. The zero-order valence-corrected chi connectivity index (χ0v) is 11.0. The van der Waals surface area contributed by atoms with Gasteiger partial charge in [0.2, 0.25) is 5.91 Å². The zero-order chi connectivity index (χ0) is 12.8. The largest absolute Gasteiger partial charge is 0.496 e. The van der Waals surface area contributed by atoms with Crippen molar-refractivity contribution in [2.75, 3.05) is 14.2 Å². The van der Waals surface area contributed by atoms with Crippen molar-refractivity contribution in [3.05, 3.63) is 28.3 Å². The molecule has 0 saturated carbocycles. The summed E-state index contributed by atoms with van der Waals surface area (Å²) in [5.74, 6) is 0.735. The van der Waals surface area contributed by atoms with E-state index >= 15 is 0 Å². The molecule has 2 N–H and O–H groups in total. The summed E-state index contributed by atoms with van der Waals surface area (Å²) >= 11 is 5.99. The van der Waals surface area contributed by atoms with Gasteiger partial charge in [0.15, 0.2) is 0 Å². The standard InChI is InChI=1S/C12H17ClN2O2/c1-8-6-10(13)7-9(12(8)17-3)4-5-11(16)15-14-2/h6-7,14H,4-5H2,1-3H3,(H,15,16). The lowest BCUT2D eigenvalue weighted by molar-refractivity contribution is -0.121. The predicted molar refractivity (Wildman–Crippen MR) is 68.3 cm³/mol. The van der Waals surface area contributed by atoms with Gasteiger partial charge in [-0.1, -0.05) is 11.6 Å². The highest BCUT2D eigenvalue weighted by Gasteiger charge is 2.10. The lowest BCUT2D eigenvalue weighted by Gasteiger charge is -2.12. The molecule has 1 amide bonds. The molecule has 1 aromatic carbocycles. The van der Waals surface area contributed by atoms with Crippen LogP contribution in [-0.2, 0) is 11.2 Å². The molecule has 0 fully saturated rings. The predicted octanol–water partition coefficient (Wildman–Crippen LogP) is 1.84. The van der Waals surface area contributed by atoms with E-state index in [1.165, 1.54) is 0 Å². The molecule has 94 valence electrons. The van der Waals surface area contributed by atoms with Crippen LogP contribution in [0.1, 0.15) is 17.5 Å². The Morgan fingerprint density at radius 2 is 2.18 bits per heavy atom. The zero-order valence-electron chi connectivity index (χ0n) is 10.3. The van der Waals surface area contributed by atoms with Gasteiger partial charge in [-0.25, -0.2) is 5.43 Å². The third-order valence-corrected chi connectivity index (χ3v) is 2.62. The fraction of sp³-hybridized carbons (Fsp3) is 0.417. The number of methoxy groups -OCH3 is 1. The normalized spacial score (nSPS) is 10.1. The topological polar surface area (TPSA) is 50.4 Å². The number of nitrogens with one attached hydrogen (secondary N) is 2. The number of rotatable bonds is 5. The molecule has 0 aliphatic carbocycles. The van der Waals surface area contributed by atoms with Crippen LogP contribution in [0, 0.1) is 6.92 Å². The highest BCUT2D eigenvalue weighted by Crippen LogP contribution is 2.28. The van der Waals surface area contributed by atoms with E-state index in [4.69, 9.17) is 16.3 Å². The fourth-order valence-electron chi connectivity index (χ4n) is 1.73. The lowest BCUT2D eigenvalue weighted by Crippen LogP contribution is -2.34. The van der Waals surface area contributed by atoms with Crippen LogP contribution < -0.4 is 15.6 Å². The molecule has 1 rings (SSSR count). The molecule has 0 bridgehead atoms. The minimum absolute atomic E-state index is 0.0628. The maximum atomic E-state index is 11.3. The third kappa shape index (κ3) is 3.91.